The van der Waals surface area contributed by atoms with Crippen molar-refractivity contribution in [1.29, 1.82) is 0 Å². The molecule has 0 bridgehead atoms. The predicted molar refractivity (Wildman–Crippen MR) is 108 cm³/mol. The largest absolute Gasteiger partial charge is 0.336 e. The van der Waals surface area contributed by atoms with Gasteiger partial charge in [-0.25, -0.2) is 4.79 Å². The van der Waals surface area contributed by atoms with Gasteiger partial charge in [0.1, 0.15) is 0 Å². The van der Waals surface area contributed by atoms with Crippen LogP contribution in [0.4, 0.5) is 4.79 Å². The van der Waals surface area contributed by atoms with Crippen molar-refractivity contribution < 1.29 is 4.79 Å². The Morgan fingerprint density at radius 2 is 2.04 bits per heavy atom. The molecule has 0 saturated carbocycles. The van der Waals surface area contributed by atoms with E-state index in [2.05, 4.69) is 27.4 Å². The maximum atomic E-state index is 12.7. The topological polar surface area (TPSA) is 53.4 Å². The van der Waals surface area contributed by atoms with E-state index in [1.807, 2.05) is 40.9 Å². The van der Waals surface area contributed by atoms with Gasteiger partial charge >= 0.3 is 6.03 Å². The fraction of sp³-hybridized carbons (Fsp3) is 0.500. The number of likely N-dealkylation sites (tertiary alicyclic amines) is 1. The lowest BCUT2D eigenvalue weighted by Crippen LogP contribution is -2.45. The zero-order chi connectivity index (χ0) is 19.1. The number of aromatic nitrogens is 2. The molecule has 7 heteroatoms. The molecule has 1 aliphatic rings. The van der Waals surface area contributed by atoms with Gasteiger partial charge in [-0.1, -0.05) is 23.7 Å². The van der Waals surface area contributed by atoms with Gasteiger partial charge in [0.25, 0.3) is 0 Å². The van der Waals surface area contributed by atoms with Crippen molar-refractivity contribution in [1.82, 2.24) is 24.9 Å². The van der Waals surface area contributed by atoms with Crippen LogP contribution in [0.1, 0.15) is 31.4 Å². The molecule has 146 valence electrons. The Kier molecular flexibility index (Phi) is 7.12. The summed E-state index contributed by atoms with van der Waals surface area (Å²) in [7, 11) is 0. The van der Waals surface area contributed by atoms with Gasteiger partial charge in [-0.15, -0.1) is 0 Å². The van der Waals surface area contributed by atoms with E-state index in [9.17, 15) is 4.79 Å². The second kappa shape index (κ2) is 9.76. The van der Waals surface area contributed by atoms with Crippen LogP contribution in [0.3, 0.4) is 0 Å². The molecule has 27 heavy (non-hydrogen) atoms. The molecule has 2 aromatic rings. The van der Waals surface area contributed by atoms with Gasteiger partial charge in [-0.3, -0.25) is 9.58 Å². The fourth-order valence-electron chi connectivity index (χ4n) is 3.55. The standard InChI is InChI=1S/C20H28ClN5O/c1-2-24(14-15-26-13-5-10-23-26)20(27)22-16-19(25-11-3-4-12-25)17-6-8-18(21)9-7-17/h5-10,13,19H,2-4,11-12,14-16H2,1H3,(H,22,27)/t19-/m1/s1. The molecule has 1 aromatic heterocycles. The van der Waals surface area contributed by atoms with Crippen molar-refractivity contribution in [2.75, 3.05) is 32.7 Å². The van der Waals surface area contributed by atoms with Crippen molar-refractivity contribution in [3.8, 4) is 0 Å². The second-order valence-corrected chi connectivity index (χ2v) is 7.28. The number of hydrogen-bond donors (Lipinski definition) is 1. The number of carbonyl (C=O) groups excluding carboxylic acids is 1. The monoisotopic (exact) mass is 389 g/mol. The number of nitrogens with one attached hydrogen (secondary N) is 1. The Morgan fingerprint density at radius 1 is 1.30 bits per heavy atom. The summed E-state index contributed by atoms with van der Waals surface area (Å²) in [4.78, 5) is 17.0. The quantitative estimate of drug-likeness (QED) is 0.752. The number of urea groups is 1. The number of nitrogens with zero attached hydrogens (tertiary/aromatic N) is 4. The maximum Gasteiger partial charge on any atom is 0.317 e. The summed E-state index contributed by atoms with van der Waals surface area (Å²) in [6, 6.07) is 10.0. The first-order valence-electron chi connectivity index (χ1n) is 9.67. The van der Waals surface area contributed by atoms with Crippen LogP contribution < -0.4 is 5.32 Å². The minimum absolute atomic E-state index is 0.0252. The van der Waals surface area contributed by atoms with Crippen LogP contribution in [0.25, 0.3) is 0 Å². The molecule has 2 amide bonds. The molecule has 1 atom stereocenters. The highest BCUT2D eigenvalue weighted by Crippen LogP contribution is 2.25. The zero-order valence-corrected chi connectivity index (χ0v) is 16.6. The van der Waals surface area contributed by atoms with E-state index in [4.69, 9.17) is 11.6 Å². The van der Waals surface area contributed by atoms with E-state index in [0.717, 1.165) is 18.1 Å². The molecule has 0 unspecified atom stereocenters. The average molecular weight is 390 g/mol. The number of hydrogen-bond acceptors (Lipinski definition) is 3. The molecule has 2 heterocycles. The summed E-state index contributed by atoms with van der Waals surface area (Å²) in [5.74, 6) is 0. The number of carbonyl (C=O) groups is 1. The Morgan fingerprint density at radius 3 is 2.67 bits per heavy atom. The summed E-state index contributed by atoms with van der Waals surface area (Å²) in [5.41, 5.74) is 1.20. The lowest BCUT2D eigenvalue weighted by atomic mass is 10.1. The number of rotatable bonds is 8. The first-order valence-corrected chi connectivity index (χ1v) is 10.0. The molecule has 1 fully saturated rings. The predicted octanol–water partition coefficient (Wildman–Crippen LogP) is 3.41. The number of likely N-dealkylation sites (N-methyl/N-ethyl adjacent to an activating group) is 1. The van der Waals surface area contributed by atoms with Gasteiger partial charge in [-0.2, -0.15) is 5.10 Å². The molecule has 0 radical (unpaired) electrons. The van der Waals surface area contributed by atoms with Crippen LogP contribution >= 0.6 is 11.6 Å². The highest BCUT2D eigenvalue weighted by molar-refractivity contribution is 6.30. The minimum atomic E-state index is -0.0252. The second-order valence-electron chi connectivity index (χ2n) is 6.85. The van der Waals surface area contributed by atoms with Crippen LogP contribution in [0.5, 0.6) is 0 Å². The number of halogens is 1. The van der Waals surface area contributed by atoms with Gasteiger partial charge in [0.15, 0.2) is 0 Å². The third-order valence-corrected chi connectivity index (χ3v) is 5.36. The molecular weight excluding hydrogens is 362 g/mol. The van der Waals surface area contributed by atoms with E-state index in [0.29, 0.717) is 26.2 Å². The van der Waals surface area contributed by atoms with Gasteiger partial charge in [0.05, 0.1) is 12.6 Å². The lowest BCUT2D eigenvalue weighted by Gasteiger charge is -2.29. The molecule has 0 spiro atoms. The average Bonchev–Trinajstić information content (AvgIpc) is 3.38. The molecule has 6 nitrogen and oxygen atoms in total. The zero-order valence-electron chi connectivity index (χ0n) is 15.9. The van der Waals surface area contributed by atoms with Gasteiger partial charge in [0.2, 0.25) is 0 Å². The maximum absolute atomic E-state index is 12.7. The van der Waals surface area contributed by atoms with Crippen molar-refractivity contribution in [3.63, 3.8) is 0 Å². The Bertz CT molecular complexity index is 698. The van der Waals surface area contributed by atoms with Crippen molar-refractivity contribution in [2.24, 2.45) is 0 Å². The highest BCUT2D eigenvalue weighted by Gasteiger charge is 2.24. The smallest absolute Gasteiger partial charge is 0.317 e. The van der Waals surface area contributed by atoms with Crippen LogP contribution in [0, 0.1) is 0 Å². The summed E-state index contributed by atoms with van der Waals surface area (Å²) >= 11 is 6.04. The minimum Gasteiger partial charge on any atom is -0.336 e. The van der Waals surface area contributed by atoms with E-state index in [1.165, 1.54) is 18.4 Å². The Labute approximate surface area is 166 Å². The molecule has 1 N–H and O–H groups in total. The van der Waals surface area contributed by atoms with Crippen LogP contribution in [0.2, 0.25) is 5.02 Å². The van der Waals surface area contributed by atoms with Crippen molar-refractivity contribution in [2.45, 2.75) is 32.4 Å². The molecule has 1 saturated heterocycles. The summed E-state index contributed by atoms with van der Waals surface area (Å²) in [6.07, 6.45) is 6.09. The van der Waals surface area contributed by atoms with Crippen LogP contribution in [-0.4, -0.2) is 58.3 Å². The van der Waals surface area contributed by atoms with Gasteiger partial charge in [0, 0.05) is 37.1 Å². The van der Waals surface area contributed by atoms with Gasteiger partial charge < -0.3 is 10.2 Å². The molecule has 0 aliphatic carbocycles. The highest BCUT2D eigenvalue weighted by atomic mass is 35.5. The molecule has 1 aromatic carbocycles. The molecule has 1 aliphatic heterocycles. The van der Waals surface area contributed by atoms with Crippen LogP contribution in [-0.2, 0) is 6.54 Å². The number of benzene rings is 1. The summed E-state index contributed by atoms with van der Waals surface area (Å²) < 4.78 is 1.84. The third-order valence-electron chi connectivity index (χ3n) is 5.11. The van der Waals surface area contributed by atoms with Gasteiger partial charge in [-0.05, 0) is 56.6 Å². The molecular formula is C20H28ClN5O. The first-order chi connectivity index (χ1) is 13.2. The van der Waals surface area contributed by atoms with E-state index < -0.39 is 0 Å². The SMILES string of the molecule is CCN(CCn1cccn1)C(=O)NC[C@H](c1ccc(Cl)cc1)N1CCCC1. The lowest BCUT2D eigenvalue weighted by molar-refractivity contribution is 0.188. The fourth-order valence-corrected chi connectivity index (χ4v) is 3.68. The summed E-state index contributed by atoms with van der Waals surface area (Å²) in [6.45, 7) is 6.74. The normalized spacial score (nSPS) is 15.6. The third kappa shape index (κ3) is 5.47. The first kappa shape index (κ1) is 19.7. The van der Waals surface area contributed by atoms with E-state index in [-0.39, 0.29) is 12.1 Å². The van der Waals surface area contributed by atoms with Crippen molar-refractivity contribution in [3.05, 3.63) is 53.3 Å². The Balaban J connectivity index is 1.59. The number of amides is 2. The molecule has 3 rings (SSSR count). The van der Waals surface area contributed by atoms with Crippen molar-refractivity contribution >= 4 is 17.6 Å². The van der Waals surface area contributed by atoms with E-state index in [1.54, 1.807) is 6.20 Å². The summed E-state index contributed by atoms with van der Waals surface area (Å²) in [5, 5.41) is 8.07. The van der Waals surface area contributed by atoms with E-state index >= 15 is 0 Å². The van der Waals surface area contributed by atoms with Crippen LogP contribution in [0.15, 0.2) is 42.7 Å². The Hall–Kier alpha value is -2.05.